The molecular formula is C8H7N4S+. The molecule has 0 spiro atoms. The molecule has 0 radical (unpaired) electrons. The van der Waals surface area contributed by atoms with E-state index in [1.165, 1.54) is 11.7 Å². The first-order valence-corrected chi connectivity index (χ1v) is 4.74. The summed E-state index contributed by atoms with van der Waals surface area (Å²) in [6.07, 6.45) is 0. The molecule has 0 bridgehead atoms. The van der Waals surface area contributed by atoms with Gasteiger partial charge in [-0.15, -0.1) is 0 Å². The van der Waals surface area contributed by atoms with Crippen LogP contribution in [0.15, 0.2) is 12.1 Å². The predicted octanol–water partition coefficient (Wildman–Crippen LogP) is 1.30. The van der Waals surface area contributed by atoms with Gasteiger partial charge in [-0.25, -0.2) is 4.98 Å². The third kappa shape index (κ3) is 0.874. The zero-order valence-corrected chi connectivity index (χ0v) is 7.77. The fraction of sp³-hybridized carbons (Fsp3) is 0.125. The number of nitrogens with zero attached hydrogens (tertiary/aromatic N) is 2. The fourth-order valence-electron chi connectivity index (χ4n) is 1.48. The van der Waals surface area contributed by atoms with Gasteiger partial charge in [-0.2, -0.15) is 4.37 Å². The highest BCUT2D eigenvalue weighted by Gasteiger charge is 2.14. The Kier molecular flexibility index (Phi) is 1.21. The van der Waals surface area contributed by atoms with Gasteiger partial charge in [-0.05, 0) is 17.1 Å². The van der Waals surface area contributed by atoms with E-state index >= 15 is 0 Å². The molecule has 0 aliphatic rings. The topological polar surface area (TPSA) is 55.7 Å². The highest BCUT2D eigenvalue weighted by molar-refractivity contribution is 7.00. The molecule has 64 valence electrons. The first-order valence-electron chi connectivity index (χ1n) is 3.97. The van der Waals surface area contributed by atoms with E-state index in [4.69, 9.17) is 0 Å². The van der Waals surface area contributed by atoms with E-state index in [0.717, 1.165) is 27.9 Å². The minimum atomic E-state index is 0.926. The SMILES string of the molecule is Cc1nc2ccc3[nH]snc3c2[nH+]1. The highest BCUT2D eigenvalue weighted by Crippen LogP contribution is 2.18. The van der Waals surface area contributed by atoms with E-state index in [1.54, 1.807) is 0 Å². The molecule has 2 N–H and O–H groups in total. The smallest absolute Gasteiger partial charge is 0.293 e. The van der Waals surface area contributed by atoms with Crippen molar-refractivity contribution in [2.75, 3.05) is 0 Å². The number of hydrogen-bond donors (Lipinski definition) is 1. The molecule has 0 unspecified atom stereocenters. The van der Waals surface area contributed by atoms with E-state index in [0.29, 0.717) is 0 Å². The minimum absolute atomic E-state index is 0.926. The van der Waals surface area contributed by atoms with Gasteiger partial charge >= 0.3 is 0 Å². The van der Waals surface area contributed by atoms with Crippen molar-refractivity contribution in [2.45, 2.75) is 6.92 Å². The van der Waals surface area contributed by atoms with Crippen molar-refractivity contribution in [2.24, 2.45) is 0 Å². The second-order valence-electron chi connectivity index (χ2n) is 2.96. The molecule has 13 heavy (non-hydrogen) atoms. The van der Waals surface area contributed by atoms with Crippen molar-refractivity contribution in [3.8, 4) is 0 Å². The van der Waals surface area contributed by atoms with Gasteiger partial charge in [-0.1, -0.05) is 0 Å². The Labute approximate surface area is 78.0 Å². The second-order valence-corrected chi connectivity index (χ2v) is 3.53. The van der Waals surface area contributed by atoms with Crippen LogP contribution >= 0.6 is 11.7 Å². The lowest BCUT2D eigenvalue weighted by Gasteiger charge is -1.82. The van der Waals surface area contributed by atoms with Crippen LogP contribution in [0.1, 0.15) is 5.82 Å². The van der Waals surface area contributed by atoms with Gasteiger partial charge in [0.2, 0.25) is 11.0 Å². The van der Waals surface area contributed by atoms with Gasteiger partial charge in [0.05, 0.1) is 5.52 Å². The summed E-state index contributed by atoms with van der Waals surface area (Å²) in [6.45, 7) is 1.95. The first-order chi connectivity index (χ1) is 6.34. The second kappa shape index (κ2) is 2.26. The van der Waals surface area contributed by atoms with Crippen molar-refractivity contribution in [3.63, 3.8) is 0 Å². The van der Waals surface area contributed by atoms with Crippen molar-refractivity contribution >= 4 is 33.8 Å². The molecular weight excluding hydrogens is 184 g/mol. The molecule has 0 atom stereocenters. The van der Waals surface area contributed by atoms with Gasteiger partial charge in [0.15, 0.2) is 5.52 Å². The molecule has 0 aliphatic heterocycles. The standard InChI is InChI=1S/C8H6N4S/c1-4-9-5-2-3-6-8(7(5)10-4)12-13-11-6/h2-3,11H,1H3/p+1. The van der Waals surface area contributed by atoms with Crippen molar-refractivity contribution in [1.82, 2.24) is 13.7 Å². The number of hydrogen-bond acceptors (Lipinski definition) is 3. The van der Waals surface area contributed by atoms with Crippen LogP contribution in [0, 0.1) is 6.92 Å². The highest BCUT2D eigenvalue weighted by atomic mass is 32.1. The maximum Gasteiger partial charge on any atom is 0.294 e. The van der Waals surface area contributed by atoms with Crippen LogP contribution in [0.5, 0.6) is 0 Å². The van der Waals surface area contributed by atoms with Crippen molar-refractivity contribution in [3.05, 3.63) is 18.0 Å². The fourth-order valence-corrected chi connectivity index (χ4v) is 2.07. The Morgan fingerprint density at radius 3 is 3.31 bits per heavy atom. The number of nitrogens with one attached hydrogen (secondary N) is 2. The van der Waals surface area contributed by atoms with Crippen LogP contribution in [-0.2, 0) is 0 Å². The summed E-state index contributed by atoms with van der Waals surface area (Å²) in [7, 11) is 0. The molecule has 4 nitrogen and oxygen atoms in total. The van der Waals surface area contributed by atoms with Gasteiger partial charge < -0.3 is 0 Å². The number of imidazole rings is 1. The number of H-pyrrole nitrogens is 2. The summed E-state index contributed by atoms with van der Waals surface area (Å²) in [5, 5.41) is 0. The maximum atomic E-state index is 4.34. The van der Waals surface area contributed by atoms with Crippen LogP contribution in [0.2, 0.25) is 0 Å². The third-order valence-corrected chi connectivity index (χ3v) is 2.63. The number of fused-ring (bicyclic) bond motifs is 3. The van der Waals surface area contributed by atoms with Crippen LogP contribution in [0.4, 0.5) is 0 Å². The molecule has 5 heteroatoms. The van der Waals surface area contributed by atoms with Gasteiger partial charge in [0.1, 0.15) is 0 Å². The van der Waals surface area contributed by atoms with E-state index in [1.807, 2.05) is 19.1 Å². The Morgan fingerprint density at radius 1 is 1.46 bits per heavy atom. The lowest BCUT2D eigenvalue weighted by Crippen LogP contribution is -2.01. The molecule has 3 aromatic rings. The molecule has 0 amide bonds. The lowest BCUT2D eigenvalue weighted by atomic mass is 10.3. The monoisotopic (exact) mass is 191 g/mol. The minimum Gasteiger partial charge on any atom is -0.293 e. The largest absolute Gasteiger partial charge is 0.294 e. The molecule has 1 aromatic carbocycles. The van der Waals surface area contributed by atoms with E-state index in [9.17, 15) is 0 Å². The quantitative estimate of drug-likeness (QED) is 0.582. The Morgan fingerprint density at radius 2 is 2.38 bits per heavy atom. The zero-order valence-electron chi connectivity index (χ0n) is 6.96. The summed E-state index contributed by atoms with van der Waals surface area (Å²) >= 11 is 1.35. The summed E-state index contributed by atoms with van der Waals surface area (Å²) < 4.78 is 7.38. The average molecular weight is 191 g/mol. The van der Waals surface area contributed by atoms with Gasteiger partial charge in [0, 0.05) is 18.7 Å². The third-order valence-electron chi connectivity index (χ3n) is 2.04. The van der Waals surface area contributed by atoms with Crippen LogP contribution in [-0.4, -0.2) is 13.7 Å². The summed E-state index contributed by atoms with van der Waals surface area (Å²) in [5.41, 5.74) is 4.03. The number of rotatable bonds is 0. The number of aromatic nitrogens is 4. The van der Waals surface area contributed by atoms with Gasteiger partial charge in [-0.3, -0.25) is 4.37 Å². The van der Waals surface area contributed by atoms with Crippen LogP contribution in [0.3, 0.4) is 0 Å². The van der Waals surface area contributed by atoms with E-state index in [2.05, 4.69) is 18.7 Å². The molecule has 2 aromatic heterocycles. The Hall–Kier alpha value is -1.49. The normalized spacial score (nSPS) is 11.5. The Balaban J connectivity index is 2.64. The number of aromatic amines is 2. The summed E-state index contributed by atoms with van der Waals surface area (Å²) in [4.78, 5) is 7.54. The van der Waals surface area contributed by atoms with E-state index < -0.39 is 0 Å². The molecule has 3 rings (SSSR count). The van der Waals surface area contributed by atoms with Crippen LogP contribution < -0.4 is 4.98 Å². The lowest BCUT2D eigenvalue weighted by molar-refractivity contribution is -0.353. The van der Waals surface area contributed by atoms with Crippen LogP contribution in [0.25, 0.3) is 22.1 Å². The summed E-state index contributed by atoms with van der Waals surface area (Å²) in [6, 6.07) is 3.99. The average Bonchev–Trinajstić information content (AvgIpc) is 2.65. The van der Waals surface area contributed by atoms with E-state index in [-0.39, 0.29) is 0 Å². The molecule has 0 fully saturated rings. The molecule has 0 saturated carbocycles. The maximum absolute atomic E-state index is 4.34. The van der Waals surface area contributed by atoms with Gasteiger partial charge in [0.25, 0.3) is 5.82 Å². The zero-order chi connectivity index (χ0) is 8.84. The van der Waals surface area contributed by atoms with Crippen molar-refractivity contribution in [1.29, 1.82) is 0 Å². The molecule has 0 aliphatic carbocycles. The Bertz CT molecular complexity index is 580. The number of benzene rings is 1. The number of aryl methyl sites for hydroxylation is 1. The summed E-state index contributed by atoms with van der Waals surface area (Å²) in [5.74, 6) is 0.926. The first kappa shape index (κ1) is 6.97. The molecule has 0 saturated heterocycles. The predicted molar refractivity (Wildman–Crippen MR) is 50.6 cm³/mol. The molecule has 2 heterocycles. The van der Waals surface area contributed by atoms with Crippen molar-refractivity contribution < 1.29 is 4.98 Å².